The Bertz CT molecular complexity index is 1370. The molecule has 1 amide bonds. The van der Waals surface area contributed by atoms with Gasteiger partial charge in [-0.3, -0.25) is 24.0 Å². The van der Waals surface area contributed by atoms with Crippen LogP contribution in [-0.2, 0) is 16.6 Å². The molecule has 2 aliphatic rings. The number of pyridine rings is 1. The van der Waals surface area contributed by atoms with Gasteiger partial charge in [0.15, 0.2) is 5.82 Å². The fourth-order valence-electron chi connectivity index (χ4n) is 4.92. The van der Waals surface area contributed by atoms with Gasteiger partial charge in [0.25, 0.3) is 5.56 Å². The lowest BCUT2D eigenvalue weighted by atomic mass is 10.1. The van der Waals surface area contributed by atoms with Gasteiger partial charge >= 0.3 is 0 Å². The van der Waals surface area contributed by atoms with E-state index < -0.39 is 5.82 Å². The van der Waals surface area contributed by atoms with Crippen LogP contribution in [-0.4, -0.2) is 89.3 Å². The van der Waals surface area contributed by atoms with Gasteiger partial charge in [-0.15, -0.1) is 37.2 Å². The van der Waals surface area contributed by atoms with E-state index in [2.05, 4.69) is 14.9 Å². The van der Waals surface area contributed by atoms with Crippen LogP contribution in [0.15, 0.2) is 53.6 Å². The molecule has 1 atom stereocenters. The summed E-state index contributed by atoms with van der Waals surface area (Å²) >= 11 is 0. The summed E-state index contributed by atoms with van der Waals surface area (Å²) in [7, 11) is 1.66. The van der Waals surface area contributed by atoms with E-state index in [4.69, 9.17) is 9.47 Å². The van der Waals surface area contributed by atoms with Crippen molar-refractivity contribution in [3.05, 3.63) is 70.5 Å². The predicted octanol–water partition coefficient (Wildman–Crippen LogP) is 3.37. The van der Waals surface area contributed by atoms with Gasteiger partial charge in [-0.2, -0.15) is 0 Å². The van der Waals surface area contributed by atoms with E-state index in [1.54, 1.807) is 14.0 Å². The van der Waals surface area contributed by atoms with Crippen LogP contribution in [0, 0.1) is 5.82 Å². The Balaban J connectivity index is 0.00000205. The lowest BCUT2D eigenvalue weighted by Gasteiger charge is -2.34. The molecule has 2 aromatic heterocycles. The van der Waals surface area contributed by atoms with Gasteiger partial charge < -0.3 is 19.3 Å². The number of ether oxygens (including phenoxy) is 2. The van der Waals surface area contributed by atoms with E-state index in [9.17, 15) is 14.0 Å². The van der Waals surface area contributed by atoms with Gasteiger partial charge in [0.1, 0.15) is 18.5 Å². The highest BCUT2D eigenvalue weighted by atomic mass is 35.5. The van der Waals surface area contributed by atoms with E-state index in [0.29, 0.717) is 32.3 Å². The van der Waals surface area contributed by atoms with E-state index in [1.165, 1.54) is 22.9 Å². The third-order valence-electron chi connectivity index (χ3n) is 7.25. The van der Waals surface area contributed by atoms with Gasteiger partial charge in [0.05, 0.1) is 25.0 Å². The second-order valence-corrected chi connectivity index (χ2v) is 9.76. The maximum atomic E-state index is 14.3. The molecule has 42 heavy (non-hydrogen) atoms. The number of amides is 1. The summed E-state index contributed by atoms with van der Waals surface area (Å²) in [4.78, 5) is 38.8. The Morgan fingerprint density at radius 1 is 1.07 bits per heavy atom. The van der Waals surface area contributed by atoms with E-state index in [0.717, 1.165) is 50.2 Å². The minimum atomic E-state index is -0.526. The molecule has 0 bridgehead atoms. The first kappa shape index (κ1) is 35.2. The van der Waals surface area contributed by atoms with E-state index in [1.807, 2.05) is 34.1 Å². The number of nitrogens with zero attached hydrogens (tertiary/aromatic N) is 6. The number of carbonyl (C=O) groups is 1. The molecule has 1 aromatic carbocycles. The number of morpholine rings is 1. The smallest absolute Gasteiger partial charge is 0.255 e. The van der Waals surface area contributed by atoms with Gasteiger partial charge in [0.2, 0.25) is 11.9 Å². The van der Waals surface area contributed by atoms with Crippen LogP contribution < -0.4 is 15.2 Å². The SMILES string of the molecule is CC(=O)N1CCN(CCOc2ccc([C@H]3CN(c4nc(-c5ccncc5F)cc(=O)n4C)CCO3)cc2)CC1.Cl.Cl.Cl. The normalized spacial score (nSPS) is 17.0. The molecule has 0 saturated carbocycles. The topological polar surface area (TPSA) is 93.0 Å². The van der Waals surface area contributed by atoms with Crippen molar-refractivity contribution in [2.24, 2.45) is 7.05 Å². The lowest BCUT2D eigenvalue weighted by molar-refractivity contribution is -0.130. The highest BCUT2D eigenvalue weighted by molar-refractivity contribution is 5.86. The number of rotatable bonds is 7. The number of halogens is 4. The second kappa shape index (κ2) is 16.0. The fourth-order valence-corrected chi connectivity index (χ4v) is 4.92. The quantitative estimate of drug-likeness (QED) is 0.387. The monoisotopic (exact) mass is 644 g/mol. The maximum absolute atomic E-state index is 14.3. The molecule has 0 spiro atoms. The molecule has 2 aliphatic heterocycles. The first-order chi connectivity index (χ1) is 18.9. The van der Waals surface area contributed by atoms with Crippen molar-refractivity contribution in [3.8, 4) is 17.0 Å². The number of hydrogen-bond acceptors (Lipinski definition) is 8. The summed E-state index contributed by atoms with van der Waals surface area (Å²) < 4.78 is 27.8. The van der Waals surface area contributed by atoms with E-state index >= 15 is 0 Å². The van der Waals surface area contributed by atoms with Crippen molar-refractivity contribution in [2.45, 2.75) is 13.0 Å². The zero-order valence-corrected chi connectivity index (χ0v) is 25.9. The van der Waals surface area contributed by atoms with Crippen molar-refractivity contribution >= 4 is 49.1 Å². The van der Waals surface area contributed by atoms with Gasteiger partial charge in [-0.25, -0.2) is 9.37 Å². The average molecular weight is 646 g/mol. The first-order valence-electron chi connectivity index (χ1n) is 13.1. The molecule has 0 N–H and O–H groups in total. The van der Waals surface area contributed by atoms with Crippen molar-refractivity contribution in [1.29, 1.82) is 0 Å². The van der Waals surface area contributed by atoms with Crippen molar-refractivity contribution < 1.29 is 18.7 Å². The highest BCUT2D eigenvalue weighted by Crippen LogP contribution is 2.28. The molecule has 0 radical (unpaired) electrons. The van der Waals surface area contributed by atoms with Gasteiger partial charge in [0, 0.05) is 71.1 Å². The molecule has 3 aromatic rings. The third-order valence-corrected chi connectivity index (χ3v) is 7.25. The number of anilines is 1. The van der Waals surface area contributed by atoms with Crippen LogP contribution in [0.2, 0.25) is 0 Å². The third kappa shape index (κ3) is 8.32. The largest absolute Gasteiger partial charge is 0.492 e. The molecule has 4 heterocycles. The predicted molar refractivity (Wildman–Crippen MR) is 166 cm³/mol. The van der Waals surface area contributed by atoms with Gasteiger partial charge in [-0.05, 0) is 23.8 Å². The zero-order valence-electron chi connectivity index (χ0n) is 23.5. The standard InChI is InChI=1S/C28H33FN6O4.3ClH/c1-20(36)34-11-9-33(10-12-34)13-15-38-22-5-3-21(4-6-22)26-19-35(14-16-39-26)28-31-25(17-27(37)32(28)2)23-7-8-30-18-24(23)29;;;/h3-8,17-18,26H,9-16,19H2,1-2H3;3*1H/t26-;;;/m1.../s1. The minimum absolute atomic E-state index is 0. The molecule has 230 valence electrons. The van der Waals surface area contributed by atoms with Crippen LogP contribution >= 0.6 is 37.2 Å². The highest BCUT2D eigenvalue weighted by Gasteiger charge is 2.26. The molecule has 0 unspecified atom stereocenters. The number of aromatic nitrogens is 3. The fraction of sp³-hybridized carbons (Fsp3) is 0.429. The molecule has 2 saturated heterocycles. The van der Waals surface area contributed by atoms with Crippen LogP contribution in [0.5, 0.6) is 5.75 Å². The summed E-state index contributed by atoms with van der Waals surface area (Å²) in [5.41, 5.74) is 1.24. The molecule has 10 nitrogen and oxygen atoms in total. The summed E-state index contributed by atoms with van der Waals surface area (Å²) in [5, 5.41) is 0. The summed E-state index contributed by atoms with van der Waals surface area (Å²) in [6.07, 6.45) is 2.37. The second-order valence-electron chi connectivity index (χ2n) is 9.76. The first-order valence-corrected chi connectivity index (χ1v) is 13.1. The van der Waals surface area contributed by atoms with Crippen molar-refractivity contribution in [1.82, 2.24) is 24.3 Å². The summed E-state index contributed by atoms with van der Waals surface area (Å²) in [5.74, 6) is 0.850. The number of benzene rings is 1. The maximum Gasteiger partial charge on any atom is 0.255 e. The Morgan fingerprint density at radius 2 is 1.79 bits per heavy atom. The molecule has 0 aliphatic carbocycles. The van der Waals surface area contributed by atoms with Gasteiger partial charge in [-0.1, -0.05) is 12.1 Å². The Labute approximate surface area is 263 Å². The summed E-state index contributed by atoms with van der Waals surface area (Å²) in [6.45, 7) is 7.75. The average Bonchev–Trinajstić information content (AvgIpc) is 2.95. The summed E-state index contributed by atoms with van der Waals surface area (Å²) in [6, 6.07) is 10.7. The molecule has 14 heteroatoms. The van der Waals surface area contributed by atoms with Crippen LogP contribution in [0.25, 0.3) is 11.3 Å². The van der Waals surface area contributed by atoms with Crippen LogP contribution in [0.4, 0.5) is 10.3 Å². The van der Waals surface area contributed by atoms with Crippen molar-refractivity contribution in [3.63, 3.8) is 0 Å². The lowest BCUT2D eigenvalue weighted by Crippen LogP contribution is -2.48. The number of hydrogen-bond donors (Lipinski definition) is 0. The zero-order chi connectivity index (χ0) is 27.4. The Hall–Kier alpha value is -2.96. The van der Waals surface area contributed by atoms with Crippen LogP contribution in [0.1, 0.15) is 18.6 Å². The van der Waals surface area contributed by atoms with E-state index in [-0.39, 0.29) is 66.0 Å². The molecular weight excluding hydrogens is 610 g/mol. The Kier molecular flexibility index (Phi) is 13.5. The minimum Gasteiger partial charge on any atom is -0.492 e. The molecule has 5 rings (SSSR count). The molecular formula is C28H36Cl3FN6O4. The van der Waals surface area contributed by atoms with Crippen molar-refractivity contribution in [2.75, 3.05) is 63.9 Å². The molecule has 2 fully saturated rings. The number of piperazine rings is 1. The Morgan fingerprint density at radius 3 is 2.45 bits per heavy atom. The number of carbonyl (C=O) groups excluding carboxylic acids is 1. The van der Waals surface area contributed by atoms with Crippen LogP contribution in [0.3, 0.4) is 0 Å².